The minimum Gasteiger partial charge on any atom is -0.459 e. The Kier molecular flexibility index (Phi) is 11.3. The summed E-state index contributed by atoms with van der Waals surface area (Å²) in [6, 6.07) is 23.4. The summed E-state index contributed by atoms with van der Waals surface area (Å²) in [4.78, 5) is 39.3. The normalized spacial score (nSPS) is 30.6. The largest absolute Gasteiger partial charge is 0.459 e. The van der Waals surface area contributed by atoms with Crippen molar-refractivity contribution < 1.29 is 68.3 Å². The molecule has 10 atom stereocenters. The van der Waals surface area contributed by atoms with Gasteiger partial charge in [0.05, 0.1) is 23.3 Å². The van der Waals surface area contributed by atoms with Crippen molar-refractivity contribution in [2.75, 3.05) is 13.2 Å². The van der Waals surface area contributed by atoms with E-state index in [-0.39, 0.29) is 16.7 Å². The number of esters is 3. The van der Waals surface area contributed by atoms with E-state index >= 15 is 0 Å². The number of carbonyl (C=O) groups is 3. The Hall–Kier alpha value is -4.25. The molecular weight excluding hydrogens is 620 g/mol. The zero-order valence-corrected chi connectivity index (χ0v) is 24.8. The van der Waals surface area contributed by atoms with Crippen molar-refractivity contribution in [1.82, 2.24) is 0 Å². The first kappa shape index (κ1) is 34.1. The van der Waals surface area contributed by atoms with Crippen LogP contribution in [-0.2, 0) is 28.4 Å². The van der Waals surface area contributed by atoms with E-state index in [1.807, 2.05) is 0 Å². The van der Waals surface area contributed by atoms with Crippen LogP contribution in [0, 0.1) is 0 Å². The average Bonchev–Trinajstić information content (AvgIpc) is 3.10. The maximum absolute atomic E-state index is 13.4. The van der Waals surface area contributed by atoms with Crippen LogP contribution in [0.5, 0.6) is 0 Å². The molecule has 0 bridgehead atoms. The van der Waals surface area contributed by atoms with Gasteiger partial charge in [0.15, 0.2) is 24.8 Å². The Balaban J connectivity index is 1.49. The molecule has 0 radical (unpaired) electrons. The Morgan fingerprint density at radius 2 is 1.06 bits per heavy atom. The first-order valence-corrected chi connectivity index (χ1v) is 14.7. The van der Waals surface area contributed by atoms with E-state index in [0.29, 0.717) is 0 Å². The summed E-state index contributed by atoms with van der Waals surface area (Å²) < 4.78 is 34.1. The molecule has 3 aromatic rings. The molecule has 0 aliphatic carbocycles. The number of hydrogen-bond acceptors (Lipinski definition) is 14. The molecule has 3 aromatic carbocycles. The van der Waals surface area contributed by atoms with Crippen molar-refractivity contribution in [3.63, 3.8) is 0 Å². The minimum atomic E-state index is -1.95. The van der Waals surface area contributed by atoms with Gasteiger partial charge in [-0.15, -0.1) is 0 Å². The van der Waals surface area contributed by atoms with E-state index < -0.39 is 92.5 Å². The minimum absolute atomic E-state index is 0.0836. The van der Waals surface area contributed by atoms with Crippen molar-refractivity contribution in [3.8, 4) is 0 Å². The molecule has 0 unspecified atom stereocenters. The number of benzene rings is 3. The quantitative estimate of drug-likeness (QED) is 0.146. The highest BCUT2D eigenvalue weighted by atomic mass is 16.7. The van der Waals surface area contributed by atoms with E-state index in [2.05, 4.69) is 0 Å². The van der Waals surface area contributed by atoms with Gasteiger partial charge in [0.25, 0.3) is 0 Å². The molecule has 47 heavy (non-hydrogen) atoms. The summed E-state index contributed by atoms with van der Waals surface area (Å²) in [7, 11) is 0. The monoisotopic (exact) mass is 654 g/mol. The summed E-state index contributed by atoms with van der Waals surface area (Å²) >= 11 is 0. The SMILES string of the molecule is O=C(OC[C@H]1O[C@H](O)[C@H](OC(=O)c2ccccc2)[C@@H](OC(=O)c2ccccc2)[C@H]1O[C@@H]1O[C@H](CO)[C@H](O)[C@H](O)[C@H]1O)c1ccccc1. The van der Waals surface area contributed by atoms with Crippen LogP contribution in [-0.4, -0.2) is 118 Å². The van der Waals surface area contributed by atoms with Crippen molar-refractivity contribution in [2.45, 2.75) is 61.4 Å². The Labute approximate surface area is 268 Å². The fourth-order valence-electron chi connectivity index (χ4n) is 5.14. The molecule has 250 valence electrons. The topological polar surface area (TPSA) is 208 Å². The van der Waals surface area contributed by atoms with E-state index in [0.717, 1.165) is 0 Å². The third kappa shape index (κ3) is 8.01. The number of carbonyl (C=O) groups excluding carboxylic acids is 3. The van der Waals surface area contributed by atoms with Crippen LogP contribution in [0.2, 0.25) is 0 Å². The highest BCUT2D eigenvalue weighted by Crippen LogP contribution is 2.33. The van der Waals surface area contributed by atoms with Gasteiger partial charge in [-0.1, -0.05) is 54.6 Å². The lowest BCUT2D eigenvalue weighted by Gasteiger charge is -2.46. The van der Waals surface area contributed by atoms with Gasteiger partial charge in [-0.3, -0.25) is 0 Å². The molecule has 2 aliphatic heterocycles. The van der Waals surface area contributed by atoms with Crippen LogP contribution >= 0.6 is 0 Å². The van der Waals surface area contributed by atoms with Crippen LogP contribution < -0.4 is 0 Å². The van der Waals surface area contributed by atoms with Crippen LogP contribution in [0.4, 0.5) is 0 Å². The van der Waals surface area contributed by atoms with Crippen LogP contribution in [0.1, 0.15) is 31.1 Å². The summed E-state index contributed by atoms with van der Waals surface area (Å²) in [5.74, 6) is -2.61. The van der Waals surface area contributed by atoms with Crippen molar-refractivity contribution >= 4 is 17.9 Å². The summed E-state index contributed by atoms with van der Waals surface area (Å²) in [5, 5.41) is 52.3. The molecule has 2 heterocycles. The van der Waals surface area contributed by atoms with E-state index in [4.69, 9.17) is 28.4 Å². The second-order valence-electron chi connectivity index (χ2n) is 10.8. The van der Waals surface area contributed by atoms with Crippen molar-refractivity contribution in [3.05, 3.63) is 108 Å². The molecule has 2 aliphatic rings. The van der Waals surface area contributed by atoms with Gasteiger partial charge >= 0.3 is 17.9 Å². The van der Waals surface area contributed by atoms with Crippen molar-refractivity contribution in [2.24, 2.45) is 0 Å². The molecule has 2 saturated heterocycles. The third-order valence-electron chi connectivity index (χ3n) is 7.64. The standard InChI is InChI=1S/C33H34O14/c34-16-21-23(35)24(36)25(37)33(44-21)47-26-22(17-42-29(38)18-10-4-1-5-11-18)43-32(41)28(46-31(40)20-14-8-3-9-15-20)27(26)45-30(39)19-12-6-2-7-13-19/h1-15,21-28,32-37,41H,16-17H2/t21-,22-,23+,24+,25-,26+,27+,28-,32+,33+/m1/s1. The lowest BCUT2D eigenvalue weighted by Crippen LogP contribution is -2.65. The molecule has 14 nitrogen and oxygen atoms in total. The molecule has 5 rings (SSSR count). The number of hydrogen-bond donors (Lipinski definition) is 5. The fourth-order valence-corrected chi connectivity index (χ4v) is 5.14. The Bertz CT molecular complexity index is 1470. The Morgan fingerprint density at radius 3 is 1.57 bits per heavy atom. The van der Waals surface area contributed by atoms with E-state index in [1.54, 1.807) is 54.6 Å². The molecular formula is C33H34O14. The van der Waals surface area contributed by atoms with Gasteiger partial charge in [-0.25, -0.2) is 14.4 Å². The zero-order valence-electron chi connectivity index (χ0n) is 24.8. The van der Waals surface area contributed by atoms with Crippen molar-refractivity contribution in [1.29, 1.82) is 0 Å². The molecule has 0 amide bonds. The predicted octanol–water partition coefficient (Wildman–Crippen LogP) is 0.197. The number of aliphatic hydroxyl groups is 5. The van der Waals surface area contributed by atoms with Gasteiger partial charge in [0, 0.05) is 0 Å². The first-order valence-electron chi connectivity index (χ1n) is 14.7. The number of ether oxygens (including phenoxy) is 6. The predicted molar refractivity (Wildman–Crippen MR) is 158 cm³/mol. The zero-order chi connectivity index (χ0) is 33.5. The van der Waals surface area contributed by atoms with Gasteiger partial charge < -0.3 is 54.0 Å². The fraction of sp³-hybridized carbons (Fsp3) is 0.364. The third-order valence-corrected chi connectivity index (χ3v) is 7.64. The molecule has 2 fully saturated rings. The summed E-state index contributed by atoms with van der Waals surface area (Å²) in [6.07, 6.45) is -17.1. The highest BCUT2D eigenvalue weighted by Gasteiger charge is 2.54. The van der Waals surface area contributed by atoms with E-state index in [1.165, 1.54) is 36.4 Å². The highest BCUT2D eigenvalue weighted by molar-refractivity contribution is 5.90. The summed E-state index contributed by atoms with van der Waals surface area (Å²) in [6.45, 7) is -1.38. The van der Waals surface area contributed by atoms with Gasteiger partial charge in [0.1, 0.15) is 43.2 Å². The molecule has 5 N–H and O–H groups in total. The molecule has 0 spiro atoms. The maximum atomic E-state index is 13.4. The number of rotatable bonds is 10. The summed E-state index contributed by atoms with van der Waals surface area (Å²) in [5.41, 5.74) is 0.371. The average molecular weight is 655 g/mol. The molecule has 0 aromatic heterocycles. The Morgan fingerprint density at radius 1 is 0.574 bits per heavy atom. The smallest absolute Gasteiger partial charge is 0.338 e. The molecule has 0 saturated carbocycles. The van der Waals surface area contributed by atoms with Crippen LogP contribution in [0.15, 0.2) is 91.0 Å². The maximum Gasteiger partial charge on any atom is 0.338 e. The van der Waals surface area contributed by atoms with Crippen LogP contribution in [0.25, 0.3) is 0 Å². The lowest BCUT2D eigenvalue weighted by atomic mass is 9.96. The molecule has 14 heteroatoms. The lowest BCUT2D eigenvalue weighted by molar-refractivity contribution is -0.353. The first-order chi connectivity index (χ1) is 22.7. The number of aliphatic hydroxyl groups excluding tert-OH is 5. The van der Waals surface area contributed by atoms with Gasteiger partial charge in [0.2, 0.25) is 0 Å². The van der Waals surface area contributed by atoms with Crippen LogP contribution in [0.3, 0.4) is 0 Å². The second kappa shape index (κ2) is 15.6. The van der Waals surface area contributed by atoms with Gasteiger partial charge in [-0.05, 0) is 36.4 Å². The van der Waals surface area contributed by atoms with Gasteiger partial charge in [-0.2, -0.15) is 0 Å². The second-order valence-corrected chi connectivity index (χ2v) is 10.8. The van der Waals surface area contributed by atoms with E-state index in [9.17, 15) is 39.9 Å².